The van der Waals surface area contributed by atoms with E-state index in [9.17, 15) is 30.7 Å². The van der Waals surface area contributed by atoms with Crippen LogP contribution in [0.25, 0.3) is 21.9 Å². The molecule has 4 aromatic rings. The van der Waals surface area contributed by atoms with Crippen molar-refractivity contribution < 1.29 is 30.7 Å². The van der Waals surface area contributed by atoms with E-state index >= 15 is 0 Å². The molecule has 0 N–H and O–H groups in total. The standard InChI is InChI=1S/C30H21F7/c1-2-3-4-5-6-18-12-24(32)22(25(33)13-18)10-8-17-7-9-21(23(31)11-17)19-14-20-16-27(35)29(36)30(37)28(20)26(34)15-19/h7,9,11-16H,2-6H2,1H3. The van der Waals surface area contributed by atoms with Gasteiger partial charge in [-0.15, -0.1) is 0 Å². The van der Waals surface area contributed by atoms with Gasteiger partial charge in [0.25, 0.3) is 0 Å². The summed E-state index contributed by atoms with van der Waals surface area (Å²) in [4.78, 5) is 0. The number of fused-ring (bicyclic) bond motifs is 1. The molecule has 37 heavy (non-hydrogen) atoms. The molecular weight excluding hydrogens is 493 g/mol. The van der Waals surface area contributed by atoms with Gasteiger partial charge in [0.2, 0.25) is 0 Å². The first-order valence-corrected chi connectivity index (χ1v) is 11.8. The van der Waals surface area contributed by atoms with Crippen molar-refractivity contribution in [1.29, 1.82) is 0 Å². The zero-order valence-electron chi connectivity index (χ0n) is 19.8. The quantitative estimate of drug-likeness (QED) is 0.104. The second-order valence-corrected chi connectivity index (χ2v) is 8.73. The molecule has 0 radical (unpaired) electrons. The first kappa shape index (κ1) is 26.3. The highest BCUT2D eigenvalue weighted by molar-refractivity contribution is 5.88. The normalized spacial score (nSPS) is 11.0. The molecule has 4 aromatic carbocycles. The highest BCUT2D eigenvalue weighted by atomic mass is 19.2. The summed E-state index contributed by atoms with van der Waals surface area (Å²) in [6.45, 7) is 2.07. The molecule has 0 aliphatic rings. The Labute approximate surface area is 209 Å². The molecule has 0 bridgehead atoms. The third-order valence-electron chi connectivity index (χ3n) is 6.06. The van der Waals surface area contributed by atoms with E-state index in [-0.39, 0.29) is 22.1 Å². The summed E-state index contributed by atoms with van der Waals surface area (Å²) in [7, 11) is 0. The minimum absolute atomic E-state index is 0.0426. The predicted molar refractivity (Wildman–Crippen MR) is 129 cm³/mol. The van der Waals surface area contributed by atoms with E-state index in [1.807, 2.05) is 0 Å². The van der Waals surface area contributed by atoms with E-state index in [0.717, 1.165) is 43.9 Å². The summed E-state index contributed by atoms with van der Waals surface area (Å²) in [6.07, 6.45) is 4.46. The molecule has 0 amide bonds. The van der Waals surface area contributed by atoms with Crippen LogP contribution >= 0.6 is 0 Å². The molecule has 0 atom stereocenters. The molecule has 0 nitrogen and oxygen atoms in total. The Morgan fingerprint density at radius 3 is 2.03 bits per heavy atom. The van der Waals surface area contributed by atoms with Crippen molar-refractivity contribution in [3.05, 3.63) is 106 Å². The van der Waals surface area contributed by atoms with Gasteiger partial charge in [0.05, 0.1) is 10.9 Å². The number of halogens is 7. The molecule has 0 unspecified atom stereocenters. The molecule has 0 fully saturated rings. The van der Waals surface area contributed by atoms with Crippen LogP contribution in [0.15, 0.2) is 48.5 Å². The van der Waals surface area contributed by atoms with E-state index in [1.54, 1.807) is 0 Å². The van der Waals surface area contributed by atoms with Crippen LogP contribution in [0.1, 0.15) is 49.3 Å². The fraction of sp³-hybridized carbons (Fsp3) is 0.200. The minimum atomic E-state index is -1.80. The Kier molecular flexibility index (Phi) is 7.87. The maximum absolute atomic E-state index is 14.9. The van der Waals surface area contributed by atoms with E-state index in [4.69, 9.17) is 0 Å². The largest absolute Gasteiger partial charge is 0.206 e. The Bertz CT molecular complexity index is 1520. The lowest BCUT2D eigenvalue weighted by molar-refractivity contribution is 0.451. The van der Waals surface area contributed by atoms with Crippen molar-refractivity contribution in [1.82, 2.24) is 0 Å². The Hall–Kier alpha value is -3.79. The fourth-order valence-electron chi connectivity index (χ4n) is 4.15. The third-order valence-corrected chi connectivity index (χ3v) is 6.06. The minimum Gasteiger partial charge on any atom is -0.206 e. The van der Waals surface area contributed by atoms with Crippen LogP contribution in [-0.4, -0.2) is 0 Å². The van der Waals surface area contributed by atoms with Gasteiger partial charge >= 0.3 is 0 Å². The second kappa shape index (κ2) is 11.1. The molecule has 0 aliphatic carbocycles. The maximum Gasteiger partial charge on any atom is 0.195 e. The monoisotopic (exact) mass is 514 g/mol. The van der Waals surface area contributed by atoms with Crippen LogP contribution in [0.2, 0.25) is 0 Å². The van der Waals surface area contributed by atoms with Crippen molar-refractivity contribution in [2.75, 3.05) is 0 Å². The molecule has 0 spiro atoms. The maximum atomic E-state index is 14.9. The van der Waals surface area contributed by atoms with E-state index in [2.05, 4.69) is 18.8 Å². The average molecular weight is 514 g/mol. The van der Waals surface area contributed by atoms with E-state index < -0.39 is 51.7 Å². The van der Waals surface area contributed by atoms with E-state index in [0.29, 0.717) is 18.1 Å². The smallest absolute Gasteiger partial charge is 0.195 e. The summed E-state index contributed by atoms with van der Waals surface area (Å²) in [5.41, 5.74) is 0.0521. The summed E-state index contributed by atoms with van der Waals surface area (Å²) in [5, 5.41) is -1.03. The lowest BCUT2D eigenvalue weighted by Gasteiger charge is -2.09. The van der Waals surface area contributed by atoms with Crippen LogP contribution in [0.3, 0.4) is 0 Å². The Morgan fingerprint density at radius 2 is 1.35 bits per heavy atom. The van der Waals surface area contributed by atoms with Crippen molar-refractivity contribution in [3.63, 3.8) is 0 Å². The zero-order valence-corrected chi connectivity index (χ0v) is 19.8. The molecule has 0 aromatic heterocycles. The van der Waals surface area contributed by atoms with Crippen LogP contribution in [0.4, 0.5) is 30.7 Å². The highest BCUT2D eigenvalue weighted by Crippen LogP contribution is 2.32. The van der Waals surface area contributed by atoms with Gasteiger partial charge in [0, 0.05) is 11.1 Å². The van der Waals surface area contributed by atoms with Gasteiger partial charge in [-0.1, -0.05) is 44.1 Å². The van der Waals surface area contributed by atoms with Gasteiger partial charge in [0.15, 0.2) is 17.5 Å². The molecule has 190 valence electrons. The molecule has 0 saturated heterocycles. The molecule has 4 rings (SSSR count). The summed E-state index contributed by atoms with van der Waals surface area (Å²) >= 11 is 0. The van der Waals surface area contributed by atoms with E-state index in [1.165, 1.54) is 24.3 Å². The Balaban J connectivity index is 1.61. The van der Waals surface area contributed by atoms with Crippen molar-refractivity contribution in [2.24, 2.45) is 0 Å². The second-order valence-electron chi connectivity index (χ2n) is 8.73. The van der Waals surface area contributed by atoms with Gasteiger partial charge in [-0.3, -0.25) is 0 Å². The van der Waals surface area contributed by atoms with Gasteiger partial charge in [-0.25, -0.2) is 30.7 Å². The van der Waals surface area contributed by atoms with Crippen molar-refractivity contribution in [3.8, 4) is 23.0 Å². The fourth-order valence-corrected chi connectivity index (χ4v) is 4.15. The average Bonchev–Trinajstić information content (AvgIpc) is 2.84. The first-order valence-electron chi connectivity index (χ1n) is 11.8. The number of benzene rings is 4. The topological polar surface area (TPSA) is 0 Å². The van der Waals surface area contributed by atoms with Crippen molar-refractivity contribution >= 4 is 10.8 Å². The Morgan fingerprint density at radius 1 is 0.622 bits per heavy atom. The third kappa shape index (κ3) is 5.64. The van der Waals surface area contributed by atoms with Crippen LogP contribution in [-0.2, 0) is 6.42 Å². The molecule has 0 heterocycles. The number of aryl methyl sites for hydroxylation is 1. The summed E-state index contributed by atoms with van der Waals surface area (Å²) < 4.78 is 99.4. The van der Waals surface area contributed by atoms with Crippen LogP contribution in [0.5, 0.6) is 0 Å². The predicted octanol–water partition coefficient (Wildman–Crippen LogP) is 9.00. The molecule has 7 heteroatoms. The number of rotatable bonds is 6. The molecule has 0 aliphatic heterocycles. The first-order chi connectivity index (χ1) is 17.7. The van der Waals surface area contributed by atoms with Gasteiger partial charge in [-0.2, -0.15) is 0 Å². The highest BCUT2D eigenvalue weighted by Gasteiger charge is 2.19. The lowest BCUT2D eigenvalue weighted by atomic mass is 9.98. The van der Waals surface area contributed by atoms with Crippen molar-refractivity contribution in [2.45, 2.75) is 39.0 Å². The van der Waals surface area contributed by atoms with Gasteiger partial charge in [0.1, 0.15) is 23.3 Å². The number of hydrogen-bond donors (Lipinski definition) is 0. The lowest BCUT2D eigenvalue weighted by Crippen LogP contribution is -1.96. The van der Waals surface area contributed by atoms with Gasteiger partial charge in [-0.05, 0) is 71.8 Å². The van der Waals surface area contributed by atoms with Gasteiger partial charge < -0.3 is 0 Å². The number of hydrogen-bond acceptors (Lipinski definition) is 0. The van der Waals surface area contributed by atoms with Crippen LogP contribution in [0, 0.1) is 52.6 Å². The molecule has 0 saturated carbocycles. The zero-order chi connectivity index (χ0) is 26.7. The molecular formula is C30H21F7. The SMILES string of the molecule is CCCCCCc1cc(F)c(C#Cc2ccc(-c3cc(F)c4c(F)c(F)c(F)cc4c3)c(F)c2)c(F)c1. The number of unbranched alkanes of at least 4 members (excludes halogenated alkanes) is 3. The summed E-state index contributed by atoms with van der Waals surface area (Å²) in [6, 6.07) is 8.65. The summed E-state index contributed by atoms with van der Waals surface area (Å²) in [5.74, 6) is -3.72. The van der Waals surface area contributed by atoms with Crippen LogP contribution < -0.4 is 0 Å².